The van der Waals surface area contributed by atoms with Gasteiger partial charge >= 0.3 is 6.03 Å². The zero-order valence-electron chi connectivity index (χ0n) is 13.2. The van der Waals surface area contributed by atoms with Crippen molar-refractivity contribution in [3.8, 4) is 5.69 Å². The molecule has 122 valence electrons. The van der Waals surface area contributed by atoms with Crippen molar-refractivity contribution in [1.29, 1.82) is 0 Å². The van der Waals surface area contributed by atoms with E-state index in [4.69, 9.17) is 0 Å². The molecule has 2 aromatic rings. The van der Waals surface area contributed by atoms with Crippen molar-refractivity contribution >= 4 is 11.8 Å². The highest BCUT2D eigenvalue weighted by Crippen LogP contribution is 2.19. The fraction of sp³-hybridized carbons (Fsp3) is 0.412. The summed E-state index contributed by atoms with van der Waals surface area (Å²) in [6.45, 7) is 1.90. The van der Waals surface area contributed by atoms with E-state index in [0.717, 1.165) is 36.9 Å². The van der Waals surface area contributed by atoms with Gasteiger partial charge in [0, 0.05) is 11.8 Å². The minimum atomic E-state index is -0.461. The zero-order valence-corrected chi connectivity index (χ0v) is 13.2. The summed E-state index contributed by atoms with van der Waals surface area (Å²) < 4.78 is 1.74. The van der Waals surface area contributed by atoms with Gasteiger partial charge in [0.25, 0.3) is 0 Å². The Morgan fingerprint density at radius 1 is 1.26 bits per heavy atom. The molecule has 1 aliphatic carbocycles. The molecule has 0 bridgehead atoms. The molecule has 2 atom stereocenters. The molecule has 0 aliphatic heterocycles. The summed E-state index contributed by atoms with van der Waals surface area (Å²) in [6.07, 6.45) is 5.02. The molecule has 1 aliphatic rings. The van der Waals surface area contributed by atoms with Crippen molar-refractivity contribution in [3.05, 3.63) is 42.1 Å². The number of amides is 2. The van der Waals surface area contributed by atoms with Gasteiger partial charge in [0.1, 0.15) is 0 Å². The second-order valence-corrected chi connectivity index (χ2v) is 6.00. The van der Waals surface area contributed by atoms with Crippen LogP contribution in [0.3, 0.4) is 0 Å². The van der Waals surface area contributed by atoms with Crippen LogP contribution in [-0.4, -0.2) is 33.1 Å². The number of rotatable bonds is 3. The maximum absolute atomic E-state index is 12.1. The molecule has 1 aromatic carbocycles. The number of para-hydroxylation sites is 1. The van der Waals surface area contributed by atoms with E-state index in [0.29, 0.717) is 5.82 Å². The van der Waals surface area contributed by atoms with Crippen LogP contribution in [0.5, 0.6) is 0 Å². The average Bonchev–Trinajstić information content (AvgIpc) is 2.91. The van der Waals surface area contributed by atoms with Gasteiger partial charge in [-0.15, -0.1) is 5.10 Å². The molecular formula is C17H22N4O2. The molecule has 3 rings (SSSR count). The van der Waals surface area contributed by atoms with E-state index in [9.17, 15) is 9.90 Å². The van der Waals surface area contributed by atoms with Crippen LogP contribution in [0.15, 0.2) is 36.5 Å². The van der Waals surface area contributed by atoms with E-state index >= 15 is 0 Å². The maximum atomic E-state index is 12.1. The minimum absolute atomic E-state index is 0.180. The lowest BCUT2D eigenvalue weighted by molar-refractivity contribution is 0.0955. The predicted octanol–water partition coefficient (Wildman–Crippen LogP) is 2.61. The summed E-state index contributed by atoms with van der Waals surface area (Å²) in [5, 5.41) is 20.0. The van der Waals surface area contributed by atoms with Gasteiger partial charge in [-0.3, -0.25) is 5.32 Å². The molecule has 1 heterocycles. The highest BCUT2D eigenvalue weighted by molar-refractivity contribution is 5.89. The molecule has 0 spiro atoms. The molecule has 6 heteroatoms. The van der Waals surface area contributed by atoms with Gasteiger partial charge in [-0.05, 0) is 31.9 Å². The lowest BCUT2D eigenvalue weighted by Gasteiger charge is -2.28. The monoisotopic (exact) mass is 314 g/mol. The van der Waals surface area contributed by atoms with Gasteiger partial charge in [-0.25, -0.2) is 9.48 Å². The second kappa shape index (κ2) is 6.83. The van der Waals surface area contributed by atoms with E-state index in [1.165, 1.54) is 0 Å². The third kappa shape index (κ3) is 3.71. The Morgan fingerprint density at radius 2 is 2.00 bits per heavy atom. The topological polar surface area (TPSA) is 79.2 Å². The number of urea groups is 1. The predicted molar refractivity (Wildman–Crippen MR) is 88.7 cm³/mol. The highest BCUT2D eigenvalue weighted by atomic mass is 16.3. The number of carbonyl (C=O) groups is 1. The molecule has 1 fully saturated rings. The van der Waals surface area contributed by atoms with Gasteiger partial charge < -0.3 is 10.4 Å². The quantitative estimate of drug-likeness (QED) is 0.815. The molecule has 23 heavy (non-hydrogen) atoms. The van der Waals surface area contributed by atoms with E-state index in [1.807, 2.05) is 43.5 Å². The molecule has 1 saturated carbocycles. The number of nitrogens with zero attached hydrogens (tertiary/aromatic N) is 2. The maximum Gasteiger partial charge on any atom is 0.320 e. The Balaban J connectivity index is 1.66. The molecule has 2 unspecified atom stereocenters. The van der Waals surface area contributed by atoms with Crippen molar-refractivity contribution in [2.75, 3.05) is 5.32 Å². The van der Waals surface area contributed by atoms with Crippen molar-refractivity contribution < 1.29 is 9.90 Å². The van der Waals surface area contributed by atoms with Crippen LogP contribution in [0.4, 0.5) is 10.6 Å². The largest absolute Gasteiger partial charge is 0.391 e. The number of aliphatic hydroxyl groups is 1. The van der Waals surface area contributed by atoms with E-state index in [1.54, 1.807) is 4.68 Å². The number of hydrogen-bond acceptors (Lipinski definition) is 3. The molecule has 2 amide bonds. The van der Waals surface area contributed by atoms with E-state index in [-0.39, 0.29) is 12.1 Å². The summed E-state index contributed by atoms with van der Waals surface area (Å²) in [7, 11) is 0. The van der Waals surface area contributed by atoms with Gasteiger partial charge in [-0.2, -0.15) is 0 Å². The summed E-state index contributed by atoms with van der Waals surface area (Å²) in [6, 6.07) is 9.23. The fourth-order valence-electron chi connectivity index (χ4n) is 2.89. The number of aryl methyl sites for hydroxylation is 1. The smallest absolute Gasteiger partial charge is 0.320 e. The summed E-state index contributed by atoms with van der Waals surface area (Å²) in [5.74, 6) is 0.525. The number of carbonyl (C=O) groups excluding carboxylic acids is 1. The normalized spacial score (nSPS) is 21.0. The molecule has 0 saturated heterocycles. The highest BCUT2D eigenvalue weighted by Gasteiger charge is 2.24. The van der Waals surface area contributed by atoms with Crippen molar-refractivity contribution in [1.82, 2.24) is 15.1 Å². The van der Waals surface area contributed by atoms with Crippen LogP contribution in [0.1, 0.15) is 31.2 Å². The van der Waals surface area contributed by atoms with Gasteiger partial charge in [0.05, 0.1) is 17.8 Å². The average molecular weight is 314 g/mol. The molecular weight excluding hydrogens is 292 g/mol. The molecule has 1 aromatic heterocycles. The Kier molecular flexibility index (Phi) is 4.62. The summed E-state index contributed by atoms with van der Waals surface area (Å²) in [5.41, 5.74) is 1.82. The number of aliphatic hydroxyl groups excluding tert-OH is 1. The van der Waals surface area contributed by atoms with E-state index < -0.39 is 6.10 Å². The first-order valence-corrected chi connectivity index (χ1v) is 8.01. The van der Waals surface area contributed by atoms with Gasteiger partial charge in [-0.1, -0.05) is 31.0 Å². The third-order valence-corrected chi connectivity index (χ3v) is 4.20. The lowest BCUT2D eigenvalue weighted by Crippen LogP contribution is -2.46. The number of nitrogens with one attached hydrogen (secondary N) is 2. The number of hydrogen-bond donors (Lipinski definition) is 3. The zero-order chi connectivity index (χ0) is 16.2. The Bertz CT molecular complexity index is 668. The van der Waals surface area contributed by atoms with Gasteiger partial charge in [0.2, 0.25) is 0 Å². The van der Waals surface area contributed by atoms with Crippen LogP contribution < -0.4 is 10.6 Å². The first kappa shape index (κ1) is 15.6. The van der Waals surface area contributed by atoms with Crippen molar-refractivity contribution in [2.24, 2.45) is 0 Å². The van der Waals surface area contributed by atoms with Gasteiger partial charge in [0.15, 0.2) is 5.82 Å². The first-order valence-electron chi connectivity index (χ1n) is 8.01. The number of benzene rings is 1. The van der Waals surface area contributed by atoms with Crippen LogP contribution in [-0.2, 0) is 0 Å². The first-order chi connectivity index (χ1) is 11.1. The molecule has 0 radical (unpaired) electrons. The SMILES string of the molecule is Cc1cn(-c2ccccc2)nc1NC(=O)NC1CCCCC1O. The fourth-order valence-corrected chi connectivity index (χ4v) is 2.89. The standard InChI is InChI=1S/C17H22N4O2/c1-12-11-21(13-7-3-2-4-8-13)20-16(12)19-17(23)18-14-9-5-6-10-15(14)22/h2-4,7-8,11,14-15,22H,5-6,9-10H2,1H3,(H2,18,19,20,23). The molecule has 6 nitrogen and oxygen atoms in total. The minimum Gasteiger partial charge on any atom is -0.391 e. The second-order valence-electron chi connectivity index (χ2n) is 6.00. The summed E-state index contributed by atoms with van der Waals surface area (Å²) >= 11 is 0. The molecule has 3 N–H and O–H groups in total. The van der Waals surface area contributed by atoms with Crippen molar-refractivity contribution in [2.45, 2.75) is 44.8 Å². The van der Waals surface area contributed by atoms with Crippen molar-refractivity contribution in [3.63, 3.8) is 0 Å². The lowest BCUT2D eigenvalue weighted by atomic mass is 9.93. The summed E-state index contributed by atoms with van der Waals surface area (Å²) in [4.78, 5) is 12.1. The van der Waals surface area contributed by atoms with Crippen LogP contribution in [0, 0.1) is 6.92 Å². The Labute approximate surface area is 135 Å². The Hall–Kier alpha value is -2.34. The van der Waals surface area contributed by atoms with Crippen LogP contribution >= 0.6 is 0 Å². The third-order valence-electron chi connectivity index (χ3n) is 4.20. The number of aromatic nitrogens is 2. The number of anilines is 1. The Morgan fingerprint density at radius 3 is 2.74 bits per heavy atom. The van der Waals surface area contributed by atoms with Crippen LogP contribution in [0.2, 0.25) is 0 Å². The van der Waals surface area contributed by atoms with E-state index in [2.05, 4.69) is 15.7 Å². The van der Waals surface area contributed by atoms with Crippen LogP contribution in [0.25, 0.3) is 5.69 Å².